The van der Waals surface area contributed by atoms with Crippen LogP contribution in [0.5, 0.6) is 5.75 Å². The molecule has 0 aliphatic carbocycles. The van der Waals surface area contributed by atoms with Crippen molar-refractivity contribution in [2.75, 3.05) is 13.7 Å². The Labute approximate surface area is 152 Å². The number of carbonyl (C=O) groups excluding carboxylic acids is 1. The molecule has 0 radical (unpaired) electrons. The first-order chi connectivity index (χ1) is 12.7. The standard InChI is InChI=1S/C20H21N3O3/c1-14-18(23-20(26-14)16-4-3-10-21-13-16)12-19(24)22-11-9-15-5-7-17(25-2)8-6-15/h3-8,10,13H,9,11-12H2,1-2H3,(H,22,24). The molecular weight excluding hydrogens is 330 g/mol. The van der Waals surface area contributed by atoms with E-state index >= 15 is 0 Å². The molecule has 1 aromatic carbocycles. The second-order valence-corrected chi connectivity index (χ2v) is 5.89. The van der Waals surface area contributed by atoms with Gasteiger partial charge in [0.05, 0.1) is 24.8 Å². The summed E-state index contributed by atoms with van der Waals surface area (Å²) in [5.41, 5.74) is 2.58. The zero-order chi connectivity index (χ0) is 18.4. The Morgan fingerprint density at radius 3 is 2.73 bits per heavy atom. The van der Waals surface area contributed by atoms with Crippen molar-refractivity contribution in [2.45, 2.75) is 19.8 Å². The summed E-state index contributed by atoms with van der Waals surface area (Å²) in [5, 5.41) is 2.92. The molecule has 1 amide bonds. The highest BCUT2D eigenvalue weighted by Crippen LogP contribution is 2.21. The predicted octanol–water partition coefficient (Wildman–Crippen LogP) is 2.96. The maximum Gasteiger partial charge on any atom is 0.228 e. The Morgan fingerprint density at radius 2 is 2.04 bits per heavy atom. The fraction of sp³-hybridized carbons (Fsp3) is 0.250. The van der Waals surface area contributed by atoms with Crippen molar-refractivity contribution in [3.05, 3.63) is 65.8 Å². The quantitative estimate of drug-likeness (QED) is 0.708. The van der Waals surface area contributed by atoms with E-state index in [0.29, 0.717) is 23.9 Å². The minimum absolute atomic E-state index is 0.0763. The van der Waals surface area contributed by atoms with E-state index < -0.39 is 0 Å². The molecule has 0 bridgehead atoms. The van der Waals surface area contributed by atoms with E-state index in [1.807, 2.05) is 43.3 Å². The lowest BCUT2D eigenvalue weighted by Crippen LogP contribution is -2.27. The number of nitrogens with one attached hydrogen (secondary N) is 1. The van der Waals surface area contributed by atoms with Gasteiger partial charge >= 0.3 is 0 Å². The van der Waals surface area contributed by atoms with Gasteiger partial charge in [-0.05, 0) is 43.2 Å². The van der Waals surface area contributed by atoms with Crippen LogP contribution >= 0.6 is 0 Å². The van der Waals surface area contributed by atoms with Crippen LogP contribution in [0.2, 0.25) is 0 Å². The maximum absolute atomic E-state index is 12.2. The molecular formula is C20H21N3O3. The van der Waals surface area contributed by atoms with Gasteiger partial charge in [-0.2, -0.15) is 0 Å². The highest BCUT2D eigenvalue weighted by Gasteiger charge is 2.14. The van der Waals surface area contributed by atoms with Crippen molar-refractivity contribution >= 4 is 5.91 Å². The van der Waals surface area contributed by atoms with Gasteiger partial charge in [0.15, 0.2) is 0 Å². The smallest absolute Gasteiger partial charge is 0.228 e. The lowest BCUT2D eigenvalue weighted by molar-refractivity contribution is -0.120. The third-order valence-corrected chi connectivity index (χ3v) is 4.02. The Balaban J connectivity index is 1.52. The first-order valence-corrected chi connectivity index (χ1v) is 8.42. The second-order valence-electron chi connectivity index (χ2n) is 5.89. The van der Waals surface area contributed by atoms with E-state index in [1.54, 1.807) is 19.5 Å². The normalized spacial score (nSPS) is 10.5. The minimum Gasteiger partial charge on any atom is -0.497 e. The molecule has 0 fully saturated rings. The molecule has 2 heterocycles. The number of pyridine rings is 1. The molecule has 3 aromatic rings. The van der Waals surface area contributed by atoms with Gasteiger partial charge < -0.3 is 14.5 Å². The molecule has 0 unspecified atom stereocenters. The molecule has 6 heteroatoms. The van der Waals surface area contributed by atoms with Gasteiger partial charge in [-0.15, -0.1) is 0 Å². The van der Waals surface area contributed by atoms with Crippen LogP contribution in [-0.4, -0.2) is 29.5 Å². The van der Waals surface area contributed by atoms with Gasteiger partial charge in [-0.3, -0.25) is 9.78 Å². The molecule has 0 saturated carbocycles. The fourth-order valence-corrected chi connectivity index (χ4v) is 2.56. The van der Waals surface area contributed by atoms with Crippen molar-refractivity contribution in [3.8, 4) is 17.2 Å². The number of aryl methyl sites for hydroxylation is 1. The number of rotatable bonds is 7. The van der Waals surface area contributed by atoms with E-state index in [-0.39, 0.29) is 12.3 Å². The third kappa shape index (κ3) is 4.47. The van der Waals surface area contributed by atoms with Crippen LogP contribution in [0.3, 0.4) is 0 Å². The fourth-order valence-electron chi connectivity index (χ4n) is 2.56. The number of aromatic nitrogens is 2. The van der Waals surface area contributed by atoms with Gasteiger partial charge in [-0.1, -0.05) is 12.1 Å². The highest BCUT2D eigenvalue weighted by atomic mass is 16.5. The third-order valence-electron chi connectivity index (χ3n) is 4.02. The lowest BCUT2D eigenvalue weighted by atomic mass is 10.1. The van der Waals surface area contributed by atoms with Crippen molar-refractivity contribution in [3.63, 3.8) is 0 Å². The monoisotopic (exact) mass is 351 g/mol. The summed E-state index contributed by atoms with van der Waals surface area (Å²) in [5.74, 6) is 1.88. The molecule has 1 N–H and O–H groups in total. The molecule has 6 nitrogen and oxygen atoms in total. The number of methoxy groups -OCH3 is 1. The summed E-state index contributed by atoms with van der Waals surface area (Å²) in [6.45, 7) is 2.38. The average Bonchev–Trinajstić information content (AvgIpc) is 3.03. The number of carbonyl (C=O) groups is 1. The summed E-state index contributed by atoms with van der Waals surface area (Å²) in [7, 11) is 1.64. The van der Waals surface area contributed by atoms with E-state index in [1.165, 1.54) is 0 Å². The van der Waals surface area contributed by atoms with Crippen molar-refractivity contribution in [1.82, 2.24) is 15.3 Å². The second kappa shape index (κ2) is 8.29. The first kappa shape index (κ1) is 17.7. The maximum atomic E-state index is 12.2. The van der Waals surface area contributed by atoms with Crippen LogP contribution in [0.4, 0.5) is 0 Å². The number of benzene rings is 1. The topological polar surface area (TPSA) is 77.2 Å². The van der Waals surface area contributed by atoms with E-state index in [0.717, 1.165) is 23.3 Å². The SMILES string of the molecule is COc1ccc(CCNC(=O)Cc2nc(-c3cccnc3)oc2C)cc1. The van der Waals surface area contributed by atoms with Crippen molar-refractivity contribution in [2.24, 2.45) is 0 Å². The van der Waals surface area contributed by atoms with Gasteiger partial charge in [0.1, 0.15) is 11.5 Å². The summed E-state index contributed by atoms with van der Waals surface area (Å²) in [6, 6.07) is 11.5. The number of ether oxygens (including phenoxy) is 1. The Hall–Kier alpha value is -3.15. The van der Waals surface area contributed by atoms with Gasteiger partial charge in [-0.25, -0.2) is 4.98 Å². The average molecular weight is 351 g/mol. The van der Waals surface area contributed by atoms with E-state index in [9.17, 15) is 4.79 Å². The zero-order valence-corrected chi connectivity index (χ0v) is 14.9. The van der Waals surface area contributed by atoms with Crippen LogP contribution in [-0.2, 0) is 17.6 Å². The van der Waals surface area contributed by atoms with Crippen molar-refractivity contribution in [1.29, 1.82) is 0 Å². The lowest BCUT2D eigenvalue weighted by Gasteiger charge is -2.05. The number of oxazole rings is 1. The molecule has 0 atom stereocenters. The Kier molecular flexibility index (Phi) is 5.63. The molecule has 0 aliphatic rings. The van der Waals surface area contributed by atoms with Crippen LogP contribution < -0.4 is 10.1 Å². The van der Waals surface area contributed by atoms with E-state index in [2.05, 4.69) is 15.3 Å². The summed E-state index contributed by atoms with van der Waals surface area (Å²) in [6.07, 6.45) is 4.33. The minimum atomic E-state index is -0.0763. The summed E-state index contributed by atoms with van der Waals surface area (Å²) in [4.78, 5) is 20.7. The summed E-state index contributed by atoms with van der Waals surface area (Å²) < 4.78 is 10.8. The van der Waals surface area contributed by atoms with E-state index in [4.69, 9.17) is 9.15 Å². The van der Waals surface area contributed by atoms with Gasteiger partial charge in [0, 0.05) is 18.9 Å². The Bertz CT molecular complexity index is 858. The van der Waals surface area contributed by atoms with Crippen LogP contribution in [0, 0.1) is 6.92 Å². The predicted molar refractivity (Wildman–Crippen MR) is 97.9 cm³/mol. The number of amides is 1. The molecule has 2 aromatic heterocycles. The molecule has 0 aliphatic heterocycles. The molecule has 134 valence electrons. The van der Waals surface area contributed by atoms with Crippen LogP contribution in [0.15, 0.2) is 53.2 Å². The largest absolute Gasteiger partial charge is 0.497 e. The number of hydrogen-bond acceptors (Lipinski definition) is 5. The number of hydrogen-bond donors (Lipinski definition) is 1. The summed E-state index contributed by atoms with van der Waals surface area (Å²) >= 11 is 0. The van der Waals surface area contributed by atoms with Crippen LogP contribution in [0.25, 0.3) is 11.5 Å². The Morgan fingerprint density at radius 1 is 1.23 bits per heavy atom. The van der Waals surface area contributed by atoms with Gasteiger partial charge in [0.2, 0.25) is 11.8 Å². The molecule has 0 spiro atoms. The molecule has 26 heavy (non-hydrogen) atoms. The van der Waals surface area contributed by atoms with Crippen LogP contribution in [0.1, 0.15) is 17.0 Å². The molecule has 3 rings (SSSR count). The highest BCUT2D eigenvalue weighted by molar-refractivity contribution is 5.78. The number of nitrogens with zero attached hydrogens (tertiary/aromatic N) is 2. The molecule has 0 saturated heterocycles. The van der Waals surface area contributed by atoms with Crippen molar-refractivity contribution < 1.29 is 13.9 Å². The zero-order valence-electron chi connectivity index (χ0n) is 14.9. The van der Waals surface area contributed by atoms with Gasteiger partial charge in [0.25, 0.3) is 0 Å². The first-order valence-electron chi connectivity index (χ1n) is 8.42.